The molecule has 0 heterocycles. The largest absolute Gasteiger partial charge is 0.481 e. The van der Waals surface area contributed by atoms with Crippen LogP contribution in [0.3, 0.4) is 0 Å². The highest BCUT2D eigenvalue weighted by Crippen LogP contribution is 2.23. The average Bonchev–Trinajstić information content (AvgIpc) is 1.99. The van der Waals surface area contributed by atoms with Crippen LogP contribution in [0.2, 0.25) is 0 Å². The van der Waals surface area contributed by atoms with E-state index in [2.05, 4.69) is 4.72 Å². The molecule has 0 saturated heterocycles. The summed E-state index contributed by atoms with van der Waals surface area (Å²) in [6, 6.07) is 0. The molecule has 0 radical (unpaired) electrons. The van der Waals surface area contributed by atoms with Gasteiger partial charge in [0.15, 0.2) is 0 Å². The molecule has 0 saturated carbocycles. The molecule has 2 N–H and O–H groups in total. The van der Waals surface area contributed by atoms with Crippen LogP contribution in [0.1, 0.15) is 48.0 Å². The number of hydrogen-bond acceptors (Lipinski definition) is 2. The molecule has 0 fully saturated rings. The van der Waals surface area contributed by atoms with Crippen molar-refractivity contribution in [1.82, 2.24) is 4.72 Å². The zero-order chi connectivity index (χ0) is 13.1. The van der Waals surface area contributed by atoms with Gasteiger partial charge in [0.05, 0.1) is 22.2 Å². The Balaban J connectivity index is 4.83. The van der Waals surface area contributed by atoms with E-state index >= 15 is 0 Å². The summed E-state index contributed by atoms with van der Waals surface area (Å²) < 4.78 is 14.5. The Morgan fingerprint density at radius 3 is 2.00 bits per heavy atom. The lowest BCUT2D eigenvalue weighted by atomic mass is 9.86. The van der Waals surface area contributed by atoms with Crippen LogP contribution in [0.25, 0.3) is 0 Å². The average molecular weight is 249 g/mol. The molecule has 0 amide bonds. The van der Waals surface area contributed by atoms with Crippen LogP contribution in [0, 0.1) is 5.92 Å². The summed E-state index contributed by atoms with van der Waals surface area (Å²) in [6.45, 7) is 11.2. The van der Waals surface area contributed by atoms with E-state index in [9.17, 15) is 9.00 Å². The smallest absolute Gasteiger partial charge is 0.305 e. The summed E-state index contributed by atoms with van der Waals surface area (Å²) in [7, 11) is -1.26. The fraction of sp³-hybridized carbons (Fsp3) is 0.909. The van der Waals surface area contributed by atoms with Crippen molar-refractivity contribution < 1.29 is 14.1 Å². The first kappa shape index (κ1) is 15.6. The summed E-state index contributed by atoms with van der Waals surface area (Å²) >= 11 is 0. The van der Waals surface area contributed by atoms with E-state index in [1.54, 1.807) is 6.92 Å². The van der Waals surface area contributed by atoms with Gasteiger partial charge in [0.25, 0.3) is 0 Å². The Kier molecular flexibility index (Phi) is 5.14. The van der Waals surface area contributed by atoms with Gasteiger partial charge in [0.1, 0.15) is 0 Å². The van der Waals surface area contributed by atoms with Gasteiger partial charge in [-0.3, -0.25) is 4.79 Å². The number of carboxylic acid groups (broad SMARTS) is 1. The molecule has 0 aromatic rings. The van der Waals surface area contributed by atoms with Gasteiger partial charge < -0.3 is 5.11 Å². The Bertz CT molecular complexity index is 283. The molecule has 4 nitrogen and oxygen atoms in total. The molecule has 16 heavy (non-hydrogen) atoms. The fourth-order valence-electron chi connectivity index (χ4n) is 1.04. The zero-order valence-electron chi connectivity index (χ0n) is 11.0. The maximum absolute atomic E-state index is 12.0. The Hall–Kier alpha value is -0.420. The lowest BCUT2D eigenvalue weighted by Crippen LogP contribution is -2.52. The molecule has 0 rings (SSSR count). The van der Waals surface area contributed by atoms with Gasteiger partial charge in [-0.05, 0) is 33.6 Å². The number of rotatable bonds is 5. The Morgan fingerprint density at radius 1 is 1.31 bits per heavy atom. The lowest BCUT2D eigenvalue weighted by Gasteiger charge is -2.35. The quantitative estimate of drug-likeness (QED) is 0.782. The van der Waals surface area contributed by atoms with Crippen molar-refractivity contribution in [3.8, 4) is 0 Å². The SMILES string of the molecule is CC(C)[C@](C)(CC(=O)O)NS(=O)C(C)(C)C. The van der Waals surface area contributed by atoms with E-state index in [0.29, 0.717) is 0 Å². The lowest BCUT2D eigenvalue weighted by molar-refractivity contribution is -0.138. The van der Waals surface area contributed by atoms with Gasteiger partial charge in [0.2, 0.25) is 0 Å². The molecule has 2 atom stereocenters. The van der Waals surface area contributed by atoms with E-state index in [-0.39, 0.29) is 12.3 Å². The zero-order valence-corrected chi connectivity index (χ0v) is 11.8. The second kappa shape index (κ2) is 5.27. The summed E-state index contributed by atoms with van der Waals surface area (Å²) in [6.07, 6.45) is -0.0352. The second-order valence-electron chi connectivity index (χ2n) is 5.63. The first-order valence-corrected chi connectivity index (χ1v) is 6.55. The number of carboxylic acids is 1. The molecule has 0 aliphatic heterocycles. The minimum atomic E-state index is -1.26. The molecule has 0 aliphatic carbocycles. The third-order valence-electron chi connectivity index (χ3n) is 2.67. The van der Waals surface area contributed by atoms with Gasteiger partial charge >= 0.3 is 5.97 Å². The van der Waals surface area contributed by atoms with E-state index in [1.807, 2.05) is 34.6 Å². The molecule has 0 aromatic carbocycles. The molecule has 0 spiro atoms. The van der Waals surface area contributed by atoms with Crippen LogP contribution >= 0.6 is 0 Å². The standard InChI is InChI=1S/C11H23NO3S/c1-8(2)11(6,7-9(13)14)12-16(15)10(3,4)5/h8,12H,7H2,1-6H3,(H,13,14)/t11-,16?/m0/s1. The number of aliphatic carboxylic acids is 1. The molecule has 1 unspecified atom stereocenters. The van der Waals surface area contributed by atoms with Gasteiger partial charge in [-0.15, -0.1) is 0 Å². The van der Waals surface area contributed by atoms with Crippen LogP contribution in [0.15, 0.2) is 0 Å². The van der Waals surface area contributed by atoms with Crippen LogP contribution in [-0.4, -0.2) is 25.6 Å². The molecule has 0 bridgehead atoms. The maximum Gasteiger partial charge on any atom is 0.305 e. The number of hydrogen-bond donors (Lipinski definition) is 2. The van der Waals surface area contributed by atoms with Crippen molar-refractivity contribution in [3.05, 3.63) is 0 Å². The van der Waals surface area contributed by atoms with E-state index in [4.69, 9.17) is 5.11 Å². The van der Waals surface area contributed by atoms with Crippen LogP contribution in [-0.2, 0) is 15.8 Å². The third kappa shape index (κ3) is 4.61. The second-order valence-corrected chi connectivity index (χ2v) is 7.59. The minimum absolute atomic E-state index is 0.0352. The van der Waals surface area contributed by atoms with Crippen LogP contribution < -0.4 is 4.72 Å². The van der Waals surface area contributed by atoms with Crippen molar-refractivity contribution in [2.45, 2.75) is 58.2 Å². The Labute approximate surface area is 100 Å². The number of carbonyl (C=O) groups is 1. The van der Waals surface area contributed by atoms with Crippen LogP contribution in [0.4, 0.5) is 0 Å². The fourth-order valence-corrected chi connectivity index (χ4v) is 2.07. The number of nitrogens with one attached hydrogen (secondary N) is 1. The van der Waals surface area contributed by atoms with E-state index < -0.39 is 27.2 Å². The highest BCUT2D eigenvalue weighted by molar-refractivity contribution is 7.84. The molecular weight excluding hydrogens is 226 g/mol. The Morgan fingerprint density at radius 2 is 1.75 bits per heavy atom. The predicted molar refractivity (Wildman–Crippen MR) is 66.5 cm³/mol. The monoisotopic (exact) mass is 249 g/mol. The van der Waals surface area contributed by atoms with E-state index in [0.717, 1.165) is 0 Å². The van der Waals surface area contributed by atoms with Crippen LogP contribution in [0.5, 0.6) is 0 Å². The summed E-state index contributed by atoms with van der Waals surface area (Å²) in [5.41, 5.74) is -0.649. The molecule has 5 heteroatoms. The molecular formula is C11H23NO3S. The minimum Gasteiger partial charge on any atom is -0.481 e. The normalized spacial score (nSPS) is 18.2. The van der Waals surface area contributed by atoms with E-state index in [1.165, 1.54) is 0 Å². The van der Waals surface area contributed by atoms with Gasteiger partial charge in [-0.2, -0.15) is 0 Å². The molecule has 0 aromatic heterocycles. The first-order chi connectivity index (χ1) is 6.99. The van der Waals surface area contributed by atoms with Crippen molar-refractivity contribution in [1.29, 1.82) is 0 Å². The summed E-state index contributed by atoms with van der Waals surface area (Å²) in [5.74, 6) is -0.787. The highest BCUT2D eigenvalue weighted by Gasteiger charge is 2.35. The van der Waals surface area contributed by atoms with Crippen molar-refractivity contribution >= 4 is 17.0 Å². The molecule has 0 aliphatic rings. The summed E-state index contributed by atoms with van der Waals surface area (Å²) in [4.78, 5) is 10.8. The molecule has 96 valence electrons. The maximum atomic E-state index is 12.0. The topological polar surface area (TPSA) is 66.4 Å². The first-order valence-electron chi connectivity index (χ1n) is 5.40. The third-order valence-corrected chi connectivity index (χ3v) is 4.44. The van der Waals surface area contributed by atoms with Gasteiger partial charge in [-0.1, -0.05) is 13.8 Å². The van der Waals surface area contributed by atoms with Gasteiger partial charge in [0, 0.05) is 5.54 Å². The van der Waals surface area contributed by atoms with Gasteiger partial charge in [-0.25, -0.2) is 8.93 Å². The predicted octanol–water partition coefficient (Wildman–Crippen LogP) is 1.93. The highest BCUT2D eigenvalue weighted by atomic mass is 32.2. The van der Waals surface area contributed by atoms with Crippen molar-refractivity contribution in [3.63, 3.8) is 0 Å². The van der Waals surface area contributed by atoms with Crippen molar-refractivity contribution in [2.75, 3.05) is 0 Å². The summed E-state index contributed by atoms with van der Waals surface area (Å²) in [5, 5.41) is 8.87. The van der Waals surface area contributed by atoms with Crippen molar-refractivity contribution in [2.24, 2.45) is 5.92 Å².